The van der Waals surface area contributed by atoms with Crippen molar-refractivity contribution in [1.29, 1.82) is 0 Å². The summed E-state index contributed by atoms with van der Waals surface area (Å²) in [6.45, 7) is 0. The molecule has 2 aromatic rings. The molecule has 0 heterocycles. The van der Waals surface area contributed by atoms with Crippen LogP contribution in [-0.2, 0) is 4.74 Å². The average molecular weight is 326 g/mol. The number of ether oxygens (including phenoxy) is 1. The van der Waals surface area contributed by atoms with Gasteiger partial charge in [-0.15, -0.1) is 0 Å². The van der Waals surface area contributed by atoms with Gasteiger partial charge in [0.25, 0.3) is 0 Å². The minimum absolute atomic E-state index is 0.131. The minimum atomic E-state index is -1.11. The van der Waals surface area contributed by atoms with Gasteiger partial charge in [0.1, 0.15) is 0 Å². The van der Waals surface area contributed by atoms with E-state index in [-0.39, 0.29) is 5.78 Å². The van der Waals surface area contributed by atoms with Gasteiger partial charge in [-0.2, -0.15) is 0 Å². The van der Waals surface area contributed by atoms with E-state index in [0.717, 1.165) is 18.4 Å². The molecule has 0 radical (unpaired) electrons. The van der Waals surface area contributed by atoms with E-state index in [4.69, 9.17) is 4.74 Å². The lowest BCUT2D eigenvalue weighted by Crippen LogP contribution is -2.17. The van der Waals surface area contributed by atoms with E-state index < -0.39 is 12.3 Å². The summed E-state index contributed by atoms with van der Waals surface area (Å²) in [4.78, 5) is 23.7. The number of unbranched alkanes of at least 4 members (excludes halogenated alkanes) is 2. The number of aliphatic hydroxyl groups excluding tert-OH is 1. The molecular formula is C20H22O4. The molecule has 0 amide bonds. The number of carbonyl (C=O) groups excluding carboxylic acids is 2. The molecule has 1 unspecified atom stereocenters. The number of hydrogen-bond donors (Lipinski definition) is 1. The van der Waals surface area contributed by atoms with Crippen LogP contribution in [0, 0.1) is 0 Å². The zero-order valence-electron chi connectivity index (χ0n) is 13.6. The van der Waals surface area contributed by atoms with Gasteiger partial charge in [0, 0.05) is 18.4 Å². The van der Waals surface area contributed by atoms with Crippen molar-refractivity contribution >= 4 is 11.8 Å². The van der Waals surface area contributed by atoms with Crippen LogP contribution in [0.3, 0.4) is 0 Å². The molecule has 0 bridgehead atoms. The monoisotopic (exact) mass is 326 g/mol. The summed E-state index contributed by atoms with van der Waals surface area (Å²) >= 11 is 0. The van der Waals surface area contributed by atoms with Crippen LogP contribution < -0.4 is 0 Å². The lowest BCUT2D eigenvalue weighted by Gasteiger charge is -2.11. The van der Waals surface area contributed by atoms with Crippen LogP contribution in [-0.4, -0.2) is 23.1 Å². The second-order valence-corrected chi connectivity index (χ2v) is 5.61. The standard InChI is InChI=1S/C20H22O4/c21-18(16-10-4-1-5-11-16)14-8-3-9-15-19(22)24-20(23)17-12-6-2-7-13-17/h1-2,4-7,10-13,19,22H,3,8-9,14-15H2. The fourth-order valence-corrected chi connectivity index (χ4v) is 2.37. The van der Waals surface area contributed by atoms with Gasteiger partial charge in [-0.25, -0.2) is 4.79 Å². The van der Waals surface area contributed by atoms with Gasteiger partial charge in [0.05, 0.1) is 5.56 Å². The topological polar surface area (TPSA) is 63.6 Å². The van der Waals surface area contributed by atoms with Gasteiger partial charge >= 0.3 is 5.97 Å². The summed E-state index contributed by atoms with van der Waals surface area (Å²) in [6, 6.07) is 17.8. The average Bonchev–Trinajstić information content (AvgIpc) is 2.62. The summed E-state index contributed by atoms with van der Waals surface area (Å²) < 4.78 is 4.98. The molecule has 126 valence electrons. The molecule has 2 rings (SSSR count). The zero-order valence-corrected chi connectivity index (χ0v) is 13.6. The second kappa shape index (κ2) is 9.63. The van der Waals surface area contributed by atoms with Gasteiger partial charge < -0.3 is 9.84 Å². The molecule has 0 spiro atoms. The van der Waals surface area contributed by atoms with Crippen molar-refractivity contribution in [1.82, 2.24) is 0 Å². The Morgan fingerprint density at radius 1 is 0.833 bits per heavy atom. The first kappa shape index (κ1) is 17.9. The highest BCUT2D eigenvalue weighted by Crippen LogP contribution is 2.12. The fraction of sp³-hybridized carbons (Fsp3) is 0.300. The van der Waals surface area contributed by atoms with Crippen LogP contribution in [0.1, 0.15) is 52.8 Å². The zero-order chi connectivity index (χ0) is 17.2. The molecule has 0 aliphatic heterocycles. The molecule has 0 saturated heterocycles. The quantitative estimate of drug-likeness (QED) is 0.327. The Morgan fingerprint density at radius 2 is 1.42 bits per heavy atom. The summed E-state index contributed by atoms with van der Waals surface area (Å²) in [7, 11) is 0. The Balaban J connectivity index is 1.60. The summed E-state index contributed by atoms with van der Waals surface area (Å²) in [5.74, 6) is -0.394. The third kappa shape index (κ3) is 5.97. The van der Waals surface area contributed by atoms with Gasteiger partial charge in [-0.3, -0.25) is 4.79 Å². The smallest absolute Gasteiger partial charge is 0.340 e. The van der Waals surface area contributed by atoms with Crippen molar-refractivity contribution in [2.45, 2.75) is 38.4 Å². The molecular weight excluding hydrogens is 304 g/mol. The van der Waals surface area contributed by atoms with Crippen molar-refractivity contribution in [2.75, 3.05) is 0 Å². The van der Waals surface area contributed by atoms with Crippen LogP contribution in [0.4, 0.5) is 0 Å². The van der Waals surface area contributed by atoms with Gasteiger partial charge in [0.15, 0.2) is 5.78 Å². The van der Waals surface area contributed by atoms with Crippen LogP contribution in [0.25, 0.3) is 0 Å². The molecule has 4 nitrogen and oxygen atoms in total. The number of Topliss-reactive ketones (excluding diaryl/α,β-unsaturated/α-hetero) is 1. The van der Waals surface area contributed by atoms with E-state index in [1.54, 1.807) is 24.3 Å². The molecule has 4 heteroatoms. The first-order valence-electron chi connectivity index (χ1n) is 8.19. The SMILES string of the molecule is O=C(CCCCCC(O)OC(=O)c1ccccc1)c1ccccc1. The molecule has 2 aromatic carbocycles. The molecule has 0 aromatic heterocycles. The van der Waals surface area contributed by atoms with E-state index in [1.807, 2.05) is 36.4 Å². The van der Waals surface area contributed by atoms with Crippen molar-refractivity contribution in [3.8, 4) is 0 Å². The number of rotatable bonds is 9. The van der Waals surface area contributed by atoms with Crippen LogP contribution in [0.15, 0.2) is 60.7 Å². The summed E-state index contributed by atoms with van der Waals surface area (Å²) in [5, 5.41) is 9.76. The number of esters is 1. The van der Waals surface area contributed by atoms with E-state index in [9.17, 15) is 14.7 Å². The first-order chi connectivity index (χ1) is 11.7. The summed E-state index contributed by atoms with van der Waals surface area (Å²) in [6.07, 6.45) is 2.02. The first-order valence-corrected chi connectivity index (χ1v) is 8.19. The molecule has 0 fully saturated rings. The van der Waals surface area contributed by atoms with E-state index in [1.165, 1.54) is 0 Å². The van der Waals surface area contributed by atoms with E-state index >= 15 is 0 Å². The maximum atomic E-state index is 11.9. The van der Waals surface area contributed by atoms with E-state index in [0.29, 0.717) is 24.8 Å². The predicted octanol–water partition coefficient (Wildman–Crippen LogP) is 4.00. The molecule has 1 N–H and O–H groups in total. The third-order valence-electron chi connectivity index (χ3n) is 3.70. The van der Waals surface area contributed by atoms with Crippen LogP contribution >= 0.6 is 0 Å². The highest BCUT2D eigenvalue weighted by molar-refractivity contribution is 5.95. The molecule has 1 atom stereocenters. The minimum Gasteiger partial charge on any atom is -0.432 e. The second-order valence-electron chi connectivity index (χ2n) is 5.61. The third-order valence-corrected chi connectivity index (χ3v) is 3.70. The van der Waals surface area contributed by atoms with Crippen LogP contribution in [0.2, 0.25) is 0 Å². The maximum Gasteiger partial charge on any atom is 0.340 e. The number of benzene rings is 2. The Hall–Kier alpha value is -2.46. The van der Waals surface area contributed by atoms with Crippen molar-refractivity contribution in [2.24, 2.45) is 0 Å². The van der Waals surface area contributed by atoms with E-state index in [2.05, 4.69) is 0 Å². The molecule has 0 aliphatic rings. The van der Waals surface area contributed by atoms with Gasteiger partial charge in [-0.1, -0.05) is 55.0 Å². The van der Waals surface area contributed by atoms with Crippen LogP contribution in [0.5, 0.6) is 0 Å². The lowest BCUT2D eigenvalue weighted by molar-refractivity contribution is -0.0693. The van der Waals surface area contributed by atoms with Gasteiger partial charge in [0.2, 0.25) is 6.29 Å². The number of ketones is 1. The Labute approximate surface area is 142 Å². The molecule has 0 aliphatic carbocycles. The van der Waals surface area contributed by atoms with Crippen molar-refractivity contribution < 1.29 is 19.4 Å². The maximum absolute atomic E-state index is 11.9. The Kier molecular flexibility index (Phi) is 7.18. The summed E-state index contributed by atoms with van der Waals surface area (Å²) in [5.41, 5.74) is 1.15. The Bertz CT molecular complexity index is 637. The highest BCUT2D eigenvalue weighted by atomic mass is 16.6. The highest BCUT2D eigenvalue weighted by Gasteiger charge is 2.12. The lowest BCUT2D eigenvalue weighted by atomic mass is 10.0. The molecule has 0 saturated carbocycles. The normalized spacial score (nSPS) is 11.7. The largest absolute Gasteiger partial charge is 0.432 e. The Morgan fingerprint density at radius 3 is 2.04 bits per heavy atom. The van der Waals surface area contributed by atoms with Crippen molar-refractivity contribution in [3.63, 3.8) is 0 Å². The number of carbonyl (C=O) groups is 2. The number of aliphatic hydroxyl groups is 1. The predicted molar refractivity (Wildman–Crippen MR) is 91.7 cm³/mol. The molecule has 24 heavy (non-hydrogen) atoms. The number of hydrogen-bond acceptors (Lipinski definition) is 4. The van der Waals surface area contributed by atoms with Gasteiger partial charge in [-0.05, 0) is 25.0 Å². The van der Waals surface area contributed by atoms with Crippen molar-refractivity contribution in [3.05, 3.63) is 71.8 Å². The fourth-order valence-electron chi connectivity index (χ4n) is 2.37.